The van der Waals surface area contributed by atoms with Gasteiger partial charge in [-0.1, -0.05) is 0 Å². The summed E-state index contributed by atoms with van der Waals surface area (Å²) in [6.45, 7) is 9.34. The van der Waals surface area contributed by atoms with Crippen molar-refractivity contribution in [3.8, 4) is 0 Å². The van der Waals surface area contributed by atoms with Crippen LogP contribution in [0.15, 0.2) is 15.7 Å². The maximum atomic E-state index is 4.50. The number of hydrogen-bond acceptors (Lipinski definition) is 6. The lowest BCUT2D eigenvalue weighted by molar-refractivity contribution is 0.421. The molecule has 0 atom stereocenters. The lowest BCUT2D eigenvalue weighted by atomic mass is 10.1. The summed E-state index contributed by atoms with van der Waals surface area (Å²) in [5.41, 5.74) is 2.39. The van der Waals surface area contributed by atoms with Crippen LogP contribution in [0, 0.1) is 6.92 Å². The number of nitrogens with zero attached hydrogens (tertiary/aromatic N) is 4. The Morgan fingerprint density at radius 2 is 2.16 bits per heavy atom. The van der Waals surface area contributed by atoms with Gasteiger partial charge in [-0.3, -0.25) is 4.68 Å². The molecule has 0 saturated heterocycles. The third kappa shape index (κ3) is 3.77. The molecule has 0 bridgehead atoms. The van der Waals surface area contributed by atoms with Crippen LogP contribution in [-0.2, 0) is 13.6 Å². The maximum Gasteiger partial charge on any atom is 0.175 e. The molecule has 2 heterocycles. The lowest BCUT2D eigenvalue weighted by Gasteiger charge is -2.20. The molecule has 19 heavy (non-hydrogen) atoms. The van der Waals surface area contributed by atoms with E-state index in [4.69, 9.17) is 0 Å². The predicted octanol–water partition coefficient (Wildman–Crippen LogP) is 2.62. The Balaban J connectivity index is 2.22. The monoisotopic (exact) mass is 297 g/mol. The first-order valence-electron chi connectivity index (χ1n) is 6.09. The van der Waals surface area contributed by atoms with Gasteiger partial charge in [-0.25, -0.2) is 4.98 Å². The van der Waals surface area contributed by atoms with E-state index in [1.165, 1.54) is 17.1 Å². The Hall–Kier alpha value is -0.920. The summed E-state index contributed by atoms with van der Waals surface area (Å²) in [7, 11) is 1.97. The zero-order valence-corrected chi connectivity index (χ0v) is 13.5. The molecule has 0 aliphatic rings. The third-order valence-electron chi connectivity index (χ3n) is 2.61. The van der Waals surface area contributed by atoms with Gasteiger partial charge in [0, 0.05) is 24.7 Å². The second kappa shape index (κ2) is 5.60. The average molecular weight is 297 g/mol. The van der Waals surface area contributed by atoms with Gasteiger partial charge in [0.25, 0.3) is 0 Å². The molecule has 104 valence electrons. The summed E-state index contributed by atoms with van der Waals surface area (Å²) >= 11 is 3.03. The topological polar surface area (TPSA) is 55.6 Å². The maximum absolute atomic E-state index is 4.50. The molecule has 0 unspecified atom stereocenters. The molecule has 1 N–H and O–H groups in total. The molecule has 0 saturated carbocycles. The van der Waals surface area contributed by atoms with Gasteiger partial charge in [0.15, 0.2) is 4.34 Å². The summed E-state index contributed by atoms with van der Waals surface area (Å²) in [6.07, 6.45) is 1.59. The number of aromatic nitrogens is 4. The molecule has 0 radical (unpaired) electrons. The van der Waals surface area contributed by atoms with E-state index in [-0.39, 0.29) is 5.54 Å². The minimum atomic E-state index is 0.0902. The van der Waals surface area contributed by atoms with Crippen molar-refractivity contribution in [2.24, 2.45) is 7.05 Å². The average Bonchev–Trinajstić information content (AvgIpc) is 2.86. The molecule has 2 rings (SSSR count). The van der Waals surface area contributed by atoms with E-state index in [1.807, 2.05) is 18.7 Å². The standard InChI is InChI=1S/C12H19N5S2/c1-8-9(6-14-12(2,3)4)10(17(5)16-8)18-11-13-7-15-19-11/h7,14H,6H2,1-5H3. The van der Waals surface area contributed by atoms with Gasteiger partial charge in [-0.05, 0) is 51.0 Å². The third-order valence-corrected chi connectivity index (χ3v) is 4.53. The van der Waals surface area contributed by atoms with Crippen LogP contribution in [0.4, 0.5) is 0 Å². The van der Waals surface area contributed by atoms with Crippen LogP contribution in [0.1, 0.15) is 32.0 Å². The van der Waals surface area contributed by atoms with Gasteiger partial charge in [-0.15, -0.1) is 0 Å². The summed E-state index contributed by atoms with van der Waals surface area (Å²) in [5, 5.41) is 9.15. The Kier molecular flexibility index (Phi) is 4.27. The van der Waals surface area contributed by atoms with Gasteiger partial charge in [0.1, 0.15) is 11.4 Å². The molecule has 0 aromatic carbocycles. The minimum absolute atomic E-state index is 0.0902. The van der Waals surface area contributed by atoms with Crippen molar-refractivity contribution in [2.45, 2.75) is 49.1 Å². The van der Waals surface area contributed by atoms with Gasteiger partial charge in [-0.2, -0.15) is 9.47 Å². The first kappa shape index (κ1) is 14.5. The van der Waals surface area contributed by atoms with Crippen LogP contribution in [-0.4, -0.2) is 24.7 Å². The molecular weight excluding hydrogens is 278 g/mol. The second-order valence-electron chi connectivity index (χ2n) is 5.41. The Morgan fingerprint density at radius 3 is 2.74 bits per heavy atom. The fourth-order valence-corrected chi connectivity index (χ4v) is 3.23. The molecular formula is C12H19N5S2. The van der Waals surface area contributed by atoms with Crippen molar-refractivity contribution in [1.82, 2.24) is 24.5 Å². The number of hydrogen-bond donors (Lipinski definition) is 1. The first-order chi connectivity index (χ1) is 8.87. The zero-order valence-electron chi connectivity index (χ0n) is 11.9. The van der Waals surface area contributed by atoms with Crippen molar-refractivity contribution >= 4 is 23.3 Å². The summed E-state index contributed by atoms with van der Waals surface area (Å²) < 4.78 is 6.90. The summed E-state index contributed by atoms with van der Waals surface area (Å²) in [5.74, 6) is 0. The van der Waals surface area contributed by atoms with Crippen LogP contribution in [0.5, 0.6) is 0 Å². The van der Waals surface area contributed by atoms with Crippen LogP contribution in [0.2, 0.25) is 0 Å². The highest BCUT2D eigenvalue weighted by Crippen LogP contribution is 2.32. The zero-order chi connectivity index (χ0) is 14.0. The molecule has 0 aliphatic heterocycles. The van der Waals surface area contributed by atoms with E-state index >= 15 is 0 Å². The molecule has 0 spiro atoms. The largest absolute Gasteiger partial charge is 0.308 e. The van der Waals surface area contributed by atoms with Crippen LogP contribution in [0.3, 0.4) is 0 Å². The van der Waals surface area contributed by atoms with Crippen molar-refractivity contribution in [1.29, 1.82) is 0 Å². The van der Waals surface area contributed by atoms with Crippen LogP contribution in [0.25, 0.3) is 0 Å². The highest BCUT2D eigenvalue weighted by atomic mass is 32.2. The van der Waals surface area contributed by atoms with Crippen molar-refractivity contribution in [3.63, 3.8) is 0 Å². The fraction of sp³-hybridized carbons (Fsp3) is 0.583. The lowest BCUT2D eigenvalue weighted by Crippen LogP contribution is -2.35. The Labute approximate surface area is 122 Å². The number of rotatable bonds is 4. The Morgan fingerprint density at radius 1 is 1.42 bits per heavy atom. The molecule has 0 aliphatic carbocycles. The van der Waals surface area contributed by atoms with E-state index in [0.29, 0.717) is 0 Å². The van der Waals surface area contributed by atoms with Crippen LogP contribution >= 0.6 is 23.3 Å². The van der Waals surface area contributed by atoms with E-state index in [9.17, 15) is 0 Å². The molecule has 2 aromatic heterocycles. The van der Waals surface area contributed by atoms with E-state index in [0.717, 1.165) is 21.6 Å². The summed E-state index contributed by atoms with van der Waals surface area (Å²) in [4.78, 5) is 4.22. The molecule has 5 nitrogen and oxygen atoms in total. The summed E-state index contributed by atoms with van der Waals surface area (Å²) in [6, 6.07) is 0. The minimum Gasteiger partial charge on any atom is -0.308 e. The highest BCUT2D eigenvalue weighted by molar-refractivity contribution is 8.00. The van der Waals surface area contributed by atoms with E-state index in [1.54, 1.807) is 18.1 Å². The van der Waals surface area contributed by atoms with Crippen molar-refractivity contribution in [2.75, 3.05) is 0 Å². The SMILES string of the molecule is Cc1nn(C)c(Sc2ncns2)c1CNC(C)(C)C. The fourth-order valence-electron chi connectivity index (χ4n) is 1.66. The second-order valence-corrected chi connectivity index (χ2v) is 7.42. The van der Waals surface area contributed by atoms with Crippen molar-refractivity contribution < 1.29 is 0 Å². The highest BCUT2D eigenvalue weighted by Gasteiger charge is 2.18. The van der Waals surface area contributed by atoms with E-state index < -0.39 is 0 Å². The normalized spacial score (nSPS) is 12.1. The number of nitrogens with one attached hydrogen (secondary N) is 1. The van der Waals surface area contributed by atoms with Crippen molar-refractivity contribution in [3.05, 3.63) is 17.6 Å². The number of aryl methyl sites for hydroxylation is 2. The van der Waals surface area contributed by atoms with E-state index in [2.05, 4.69) is 40.5 Å². The van der Waals surface area contributed by atoms with Gasteiger partial charge >= 0.3 is 0 Å². The predicted molar refractivity (Wildman–Crippen MR) is 78.6 cm³/mol. The Bertz CT molecular complexity index is 539. The molecule has 7 heteroatoms. The van der Waals surface area contributed by atoms with Gasteiger partial charge < -0.3 is 5.32 Å². The smallest absolute Gasteiger partial charge is 0.175 e. The molecule has 0 fully saturated rings. The van der Waals surface area contributed by atoms with Gasteiger partial charge in [0.05, 0.1) is 5.69 Å². The molecule has 0 amide bonds. The van der Waals surface area contributed by atoms with Gasteiger partial charge in [0.2, 0.25) is 0 Å². The van der Waals surface area contributed by atoms with Crippen LogP contribution < -0.4 is 5.32 Å². The first-order valence-corrected chi connectivity index (χ1v) is 7.68. The molecule has 2 aromatic rings. The quantitative estimate of drug-likeness (QED) is 0.940.